The van der Waals surface area contributed by atoms with Gasteiger partial charge in [0.1, 0.15) is 22.4 Å². The number of halogens is 5. The third-order valence-electron chi connectivity index (χ3n) is 5.90. The van der Waals surface area contributed by atoms with Crippen molar-refractivity contribution in [1.29, 1.82) is 0 Å². The van der Waals surface area contributed by atoms with Crippen molar-refractivity contribution in [2.45, 2.75) is 13.2 Å². The summed E-state index contributed by atoms with van der Waals surface area (Å²) in [4.78, 5) is 17.0. The van der Waals surface area contributed by atoms with Gasteiger partial charge in [0.25, 0.3) is 5.91 Å². The summed E-state index contributed by atoms with van der Waals surface area (Å²) in [5, 5.41) is 0.198. The molecule has 190 valence electrons. The number of piperazine rings is 1. The molecule has 0 unspecified atom stereocenters. The first-order valence-corrected chi connectivity index (χ1v) is 12.8. The number of amides is 1. The van der Waals surface area contributed by atoms with E-state index in [4.69, 9.17) is 76.6 Å². The molecule has 5 rings (SSSR count). The predicted molar refractivity (Wildman–Crippen MR) is 138 cm³/mol. The molecule has 2 aliphatic rings. The number of fused-ring (bicyclic) bond motifs is 1. The third-order valence-corrected chi connectivity index (χ3v) is 8.15. The standard InChI is InChI=1S/C24H19Cl5N2O5/c25-18-19(26)21(28)23(22(29)20(18)27)33-11-14-2-4-16(36-14)24(32)31-7-5-30(6-8-31)10-13-1-3-15-17(9-13)35-12-34-15/h1-4,9H,5-8,10-12H2. The molecule has 12 heteroatoms. The van der Waals surface area contributed by atoms with Crippen LogP contribution in [0.3, 0.4) is 0 Å². The van der Waals surface area contributed by atoms with E-state index in [1.54, 1.807) is 17.0 Å². The Balaban J connectivity index is 1.16. The summed E-state index contributed by atoms with van der Waals surface area (Å²) in [6, 6.07) is 9.23. The van der Waals surface area contributed by atoms with Gasteiger partial charge >= 0.3 is 0 Å². The van der Waals surface area contributed by atoms with Crippen molar-refractivity contribution in [3.8, 4) is 17.2 Å². The van der Waals surface area contributed by atoms with Gasteiger partial charge in [0.05, 0.1) is 15.1 Å². The topological polar surface area (TPSA) is 64.4 Å². The Hall–Kier alpha value is -2.00. The zero-order valence-electron chi connectivity index (χ0n) is 18.7. The molecular weight excluding hydrogens is 574 g/mol. The van der Waals surface area contributed by atoms with Crippen LogP contribution in [0.15, 0.2) is 34.7 Å². The summed E-state index contributed by atoms with van der Waals surface area (Å²) in [5.74, 6) is 2.07. The smallest absolute Gasteiger partial charge is 0.289 e. The number of nitrogens with zero attached hydrogens (tertiary/aromatic N) is 2. The van der Waals surface area contributed by atoms with Crippen molar-refractivity contribution < 1.29 is 23.4 Å². The minimum Gasteiger partial charge on any atom is -0.482 e. The van der Waals surface area contributed by atoms with Crippen LogP contribution in [-0.4, -0.2) is 48.7 Å². The van der Waals surface area contributed by atoms with Gasteiger partial charge in [-0.3, -0.25) is 9.69 Å². The average molecular weight is 593 g/mol. The van der Waals surface area contributed by atoms with Crippen LogP contribution in [0.5, 0.6) is 17.2 Å². The lowest BCUT2D eigenvalue weighted by Crippen LogP contribution is -2.48. The maximum Gasteiger partial charge on any atom is 0.289 e. The Morgan fingerprint density at radius 3 is 2.22 bits per heavy atom. The number of hydrogen-bond donors (Lipinski definition) is 0. The zero-order valence-corrected chi connectivity index (χ0v) is 22.4. The summed E-state index contributed by atoms with van der Waals surface area (Å²) in [6.07, 6.45) is 0. The highest BCUT2D eigenvalue weighted by molar-refractivity contribution is 6.55. The minimum absolute atomic E-state index is 0.0374. The third kappa shape index (κ3) is 5.19. The molecule has 1 fully saturated rings. The summed E-state index contributed by atoms with van der Waals surface area (Å²) in [7, 11) is 0. The van der Waals surface area contributed by atoms with Gasteiger partial charge in [-0.15, -0.1) is 0 Å². The molecule has 3 aromatic rings. The fourth-order valence-corrected chi connectivity index (χ4v) is 5.22. The number of ether oxygens (including phenoxy) is 3. The van der Waals surface area contributed by atoms with Gasteiger partial charge in [0, 0.05) is 32.7 Å². The van der Waals surface area contributed by atoms with Crippen molar-refractivity contribution >= 4 is 63.9 Å². The number of benzene rings is 2. The predicted octanol–water partition coefficient (Wildman–Crippen LogP) is 6.81. The van der Waals surface area contributed by atoms with Crippen molar-refractivity contribution in [1.82, 2.24) is 9.80 Å². The van der Waals surface area contributed by atoms with Gasteiger partial charge in [-0.1, -0.05) is 64.1 Å². The number of furan rings is 1. The van der Waals surface area contributed by atoms with E-state index < -0.39 is 0 Å². The second-order valence-corrected chi connectivity index (χ2v) is 10.1. The van der Waals surface area contributed by atoms with E-state index in [0.29, 0.717) is 18.8 Å². The maximum atomic E-state index is 13.0. The lowest BCUT2D eigenvalue weighted by Gasteiger charge is -2.34. The molecule has 36 heavy (non-hydrogen) atoms. The Morgan fingerprint density at radius 2 is 1.50 bits per heavy atom. The molecule has 0 saturated carbocycles. The normalized spacial score (nSPS) is 15.4. The quantitative estimate of drug-likeness (QED) is 0.231. The Bertz CT molecular complexity index is 1280. The van der Waals surface area contributed by atoms with Gasteiger partial charge in [0.15, 0.2) is 23.0 Å². The summed E-state index contributed by atoms with van der Waals surface area (Å²) >= 11 is 30.5. The van der Waals surface area contributed by atoms with E-state index in [9.17, 15) is 4.79 Å². The number of rotatable bonds is 6. The highest BCUT2D eigenvalue weighted by atomic mass is 35.5. The second-order valence-electron chi connectivity index (χ2n) is 8.21. The molecule has 1 saturated heterocycles. The van der Waals surface area contributed by atoms with Crippen LogP contribution in [0, 0.1) is 0 Å². The first kappa shape index (κ1) is 25.6. The first-order chi connectivity index (χ1) is 17.3. The van der Waals surface area contributed by atoms with E-state index in [2.05, 4.69) is 4.90 Å². The molecule has 2 aromatic carbocycles. The molecule has 3 heterocycles. The highest BCUT2D eigenvalue weighted by Gasteiger charge is 2.26. The molecule has 1 aromatic heterocycles. The summed E-state index contributed by atoms with van der Waals surface area (Å²) in [5.41, 5.74) is 1.14. The molecule has 0 N–H and O–H groups in total. The Labute approximate surface area is 232 Å². The Kier molecular flexibility index (Phi) is 7.67. The minimum atomic E-state index is -0.183. The Morgan fingerprint density at radius 1 is 0.833 bits per heavy atom. The second kappa shape index (κ2) is 10.8. The molecule has 7 nitrogen and oxygen atoms in total. The largest absolute Gasteiger partial charge is 0.482 e. The van der Waals surface area contributed by atoms with Crippen molar-refractivity contribution in [3.63, 3.8) is 0 Å². The van der Waals surface area contributed by atoms with Crippen LogP contribution in [0.25, 0.3) is 0 Å². The molecule has 0 atom stereocenters. The number of carbonyl (C=O) groups excluding carboxylic acids is 1. The van der Waals surface area contributed by atoms with Crippen LogP contribution in [0.2, 0.25) is 25.1 Å². The van der Waals surface area contributed by atoms with Gasteiger partial charge in [0.2, 0.25) is 6.79 Å². The molecule has 0 bridgehead atoms. The van der Waals surface area contributed by atoms with Crippen molar-refractivity contribution in [2.24, 2.45) is 0 Å². The van der Waals surface area contributed by atoms with E-state index in [-0.39, 0.29) is 55.9 Å². The fraction of sp³-hybridized carbons (Fsp3) is 0.292. The molecule has 1 amide bonds. The number of carbonyl (C=O) groups is 1. The van der Waals surface area contributed by atoms with Gasteiger partial charge < -0.3 is 23.5 Å². The van der Waals surface area contributed by atoms with E-state index in [1.807, 2.05) is 18.2 Å². The zero-order chi connectivity index (χ0) is 25.4. The average Bonchev–Trinajstić information content (AvgIpc) is 3.56. The van der Waals surface area contributed by atoms with Crippen LogP contribution >= 0.6 is 58.0 Å². The summed E-state index contributed by atoms with van der Waals surface area (Å²) < 4.78 is 22.2. The SMILES string of the molecule is O=C(c1ccc(COc2c(Cl)c(Cl)c(Cl)c(Cl)c2Cl)o1)N1CCN(Cc2ccc3c(c2)OCO3)CC1. The molecule has 0 spiro atoms. The monoisotopic (exact) mass is 590 g/mol. The van der Waals surface area contributed by atoms with Crippen molar-refractivity contribution in [2.75, 3.05) is 33.0 Å². The van der Waals surface area contributed by atoms with Gasteiger partial charge in [-0.2, -0.15) is 0 Å². The van der Waals surface area contributed by atoms with Crippen LogP contribution < -0.4 is 14.2 Å². The van der Waals surface area contributed by atoms with E-state index >= 15 is 0 Å². The van der Waals surface area contributed by atoms with Gasteiger partial charge in [-0.25, -0.2) is 0 Å². The number of hydrogen-bond acceptors (Lipinski definition) is 6. The lowest BCUT2D eigenvalue weighted by atomic mass is 10.1. The van der Waals surface area contributed by atoms with E-state index in [0.717, 1.165) is 36.7 Å². The van der Waals surface area contributed by atoms with Gasteiger partial charge in [-0.05, 0) is 29.8 Å². The molecule has 0 radical (unpaired) electrons. The molecule has 2 aliphatic heterocycles. The lowest BCUT2D eigenvalue weighted by molar-refractivity contribution is 0.0594. The van der Waals surface area contributed by atoms with Crippen LogP contribution in [0.1, 0.15) is 21.9 Å². The maximum absolute atomic E-state index is 13.0. The van der Waals surface area contributed by atoms with E-state index in [1.165, 1.54) is 0 Å². The van der Waals surface area contributed by atoms with Crippen molar-refractivity contribution in [3.05, 3.63) is 72.5 Å². The fourth-order valence-electron chi connectivity index (χ4n) is 3.99. The van der Waals surface area contributed by atoms with Crippen LogP contribution in [0.4, 0.5) is 0 Å². The molecule has 0 aliphatic carbocycles. The first-order valence-electron chi connectivity index (χ1n) is 10.9. The highest BCUT2D eigenvalue weighted by Crippen LogP contribution is 2.48. The summed E-state index contributed by atoms with van der Waals surface area (Å²) in [6.45, 7) is 3.64. The van der Waals surface area contributed by atoms with Crippen LogP contribution in [-0.2, 0) is 13.2 Å². The molecular formula is C24H19Cl5N2O5.